The van der Waals surface area contributed by atoms with Crippen molar-refractivity contribution in [3.63, 3.8) is 0 Å². The molecule has 0 spiro atoms. The van der Waals surface area contributed by atoms with Crippen molar-refractivity contribution in [2.75, 3.05) is 19.7 Å². The average molecular weight is 548 g/mol. The molecule has 0 radical (unpaired) electrons. The summed E-state index contributed by atoms with van der Waals surface area (Å²) < 4.78 is 40.7. The number of aliphatic hydroxyl groups excluding tert-OH is 1. The van der Waals surface area contributed by atoms with Crippen LogP contribution in [-0.2, 0) is 28.5 Å². The summed E-state index contributed by atoms with van der Waals surface area (Å²) in [7, 11) is 0. The second-order valence-corrected chi connectivity index (χ2v) is 13.0. The van der Waals surface area contributed by atoms with Crippen LogP contribution < -0.4 is 5.32 Å². The molecule has 2 heterocycles. The number of ketones is 2. The van der Waals surface area contributed by atoms with Crippen LogP contribution in [-0.4, -0.2) is 77.9 Å². The minimum atomic E-state index is -2.04. The highest BCUT2D eigenvalue weighted by Crippen LogP contribution is 2.72. The molecule has 0 amide bonds. The first-order valence-electron chi connectivity index (χ1n) is 14.0. The number of hydrogen-bond donors (Lipinski definition) is 2. The van der Waals surface area contributed by atoms with Gasteiger partial charge in [0.15, 0.2) is 29.4 Å². The fourth-order valence-corrected chi connectivity index (χ4v) is 8.94. The Morgan fingerprint density at radius 2 is 1.97 bits per heavy atom. The van der Waals surface area contributed by atoms with E-state index in [0.29, 0.717) is 37.8 Å². The van der Waals surface area contributed by atoms with E-state index in [4.69, 9.17) is 18.9 Å². The van der Waals surface area contributed by atoms with Crippen molar-refractivity contribution < 1.29 is 42.8 Å². The van der Waals surface area contributed by atoms with Crippen LogP contribution in [0.4, 0.5) is 9.18 Å². The summed E-state index contributed by atoms with van der Waals surface area (Å²) in [5, 5.41) is 14.7. The summed E-state index contributed by atoms with van der Waals surface area (Å²) in [5.41, 5.74) is -5.00. The first-order chi connectivity index (χ1) is 18.3. The number of rotatable bonds is 4. The molecule has 10 heteroatoms. The number of carbonyl (C=O) groups excluding carboxylic acids is 3. The molecule has 2 N–H and O–H groups in total. The molecule has 214 valence electrons. The molecule has 5 fully saturated rings. The van der Waals surface area contributed by atoms with E-state index in [0.717, 1.165) is 6.54 Å². The van der Waals surface area contributed by atoms with Crippen molar-refractivity contribution in [3.8, 4) is 0 Å². The number of alkyl halides is 1. The fraction of sp³-hybridized carbons (Fsp3) is 0.759. The first-order valence-corrected chi connectivity index (χ1v) is 14.0. The van der Waals surface area contributed by atoms with Gasteiger partial charge >= 0.3 is 6.16 Å². The highest BCUT2D eigenvalue weighted by molar-refractivity contribution is 6.01. The number of halogens is 1. The van der Waals surface area contributed by atoms with Gasteiger partial charge in [-0.25, -0.2) is 9.18 Å². The van der Waals surface area contributed by atoms with E-state index in [1.165, 1.54) is 12.2 Å². The smallest absolute Gasteiger partial charge is 0.430 e. The van der Waals surface area contributed by atoms with E-state index < -0.39 is 64.6 Å². The maximum atomic E-state index is 17.5. The largest absolute Gasteiger partial charge is 0.509 e. The molecular weight excluding hydrogens is 509 g/mol. The standard InChI is InChI=1S/C29H38FNO8/c1-25(2)38-23-12-20-19-6-5-16-11-17(32)7-9-26(16,3)28(19,30)21(33)13-27(20,4)29(23,39-25)22(34)15-36-24(35)37-18-8-10-31-14-18/h7,9,11,18-21,23,31,33H,5-6,8,10,12-15H2,1-4H3/t18?,19-,20-,21-,23+,26-,27-,28-,29+/m0/s1. The maximum absolute atomic E-state index is 17.5. The molecule has 0 aromatic rings. The van der Waals surface area contributed by atoms with Crippen molar-refractivity contribution in [2.24, 2.45) is 22.7 Å². The third-order valence-corrected chi connectivity index (χ3v) is 10.6. The molecule has 1 unspecified atom stereocenters. The zero-order valence-electron chi connectivity index (χ0n) is 23.0. The molecule has 0 aromatic heterocycles. The van der Waals surface area contributed by atoms with Crippen molar-refractivity contribution in [3.05, 3.63) is 23.8 Å². The Hall–Kier alpha value is -2.14. The minimum Gasteiger partial charge on any atom is -0.430 e. The third kappa shape index (κ3) is 3.60. The van der Waals surface area contributed by atoms with Gasteiger partial charge in [-0.15, -0.1) is 0 Å². The molecule has 0 bridgehead atoms. The van der Waals surface area contributed by atoms with E-state index in [2.05, 4.69) is 5.32 Å². The zero-order valence-corrected chi connectivity index (χ0v) is 23.0. The van der Waals surface area contributed by atoms with Gasteiger partial charge in [-0.05, 0) is 77.5 Å². The summed E-state index contributed by atoms with van der Waals surface area (Å²) in [6.07, 6.45) is 3.07. The zero-order chi connectivity index (χ0) is 28.0. The lowest BCUT2D eigenvalue weighted by Crippen LogP contribution is -2.70. The number of ether oxygens (including phenoxy) is 4. The van der Waals surface area contributed by atoms with Gasteiger partial charge < -0.3 is 29.4 Å². The Morgan fingerprint density at radius 3 is 2.69 bits per heavy atom. The van der Waals surface area contributed by atoms with Crippen LogP contribution in [0.1, 0.15) is 59.8 Å². The summed E-state index contributed by atoms with van der Waals surface area (Å²) in [5.74, 6) is -2.70. The first kappa shape index (κ1) is 27.1. The molecule has 4 aliphatic carbocycles. The van der Waals surface area contributed by atoms with Crippen LogP contribution in [0.15, 0.2) is 23.8 Å². The Labute approximate surface area is 227 Å². The molecule has 2 aliphatic heterocycles. The monoisotopic (exact) mass is 547 g/mol. The predicted molar refractivity (Wildman–Crippen MR) is 135 cm³/mol. The Balaban J connectivity index is 1.32. The SMILES string of the molecule is CC1(C)O[C@@H]2C[C@H]3[C@@H]4CCC5=CC(=O)C=C[C@]5(C)[C@@]4(F)[C@@H](O)C[C@]3(C)[C@]2(C(=O)COC(=O)OC2CCNC2)O1. The van der Waals surface area contributed by atoms with Crippen LogP contribution in [0.5, 0.6) is 0 Å². The second-order valence-electron chi connectivity index (χ2n) is 13.0. The highest BCUT2D eigenvalue weighted by Gasteiger charge is 2.80. The van der Waals surface area contributed by atoms with Gasteiger partial charge in [-0.3, -0.25) is 9.59 Å². The summed E-state index contributed by atoms with van der Waals surface area (Å²) >= 11 is 0. The number of nitrogens with one attached hydrogen (secondary N) is 1. The lowest BCUT2D eigenvalue weighted by atomic mass is 9.44. The molecular formula is C29H38FNO8. The normalized spacial score (nSPS) is 47.5. The minimum absolute atomic E-state index is 0.0464. The van der Waals surface area contributed by atoms with E-state index in [-0.39, 0.29) is 24.2 Å². The number of carbonyl (C=O) groups is 3. The van der Waals surface area contributed by atoms with Gasteiger partial charge in [0, 0.05) is 23.3 Å². The fourth-order valence-electron chi connectivity index (χ4n) is 8.94. The molecule has 6 rings (SSSR count). The van der Waals surface area contributed by atoms with Gasteiger partial charge in [-0.1, -0.05) is 18.6 Å². The molecule has 9 nitrogen and oxygen atoms in total. The quantitative estimate of drug-likeness (QED) is 0.512. The number of Topliss-reactive ketones (excluding diaryl/α,β-unsaturated/α-hetero) is 1. The summed E-state index contributed by atoms with van der Waals surface area (Å²) in [4.78, 5) is 38.5. The molecule has 6 aliphatic rings. The second kappa shape index (κ2) is 8.68. The number of hydrogen-bond acceptors (Lipinski definition) is 9. The van der Waals surface area contributed by atoms with Gasteiger partial charge in [-0.2, -0.15) is 0 Å². The molecule has 2 saturated heterocycles. The number of fused-ring (bicyclic) bond motifs is 7. The Morgan fingerprint density at radius 1 is 1.21 bits per heavy atom. The van der Waals surface area contributed by atoms with Gasteiger partial charge in [0.05, 0.1) is 12.2 Å². The van der Waals surface area contributed by atoms with E-state index in [1.54, 1.807) is 26.8 Å². The number of allylic oxidation sites excluding steroid dienone is 4. The predicted octanol–water partition coefficient (Wildman–Crippen LogP) is 2.94. The van der Waals surface area contributed by atoms with Crippen LogP contribution >= 0.6 is 0 Å². The molecule has 0 aromatic carbocycles. The molecule has 3 saturated carbocycles. The average Bonchev–Trinajstić information content (AvgIpc) is 3.52. The van der Waals surface area contributed by atoms with Gasteiger partial charge in [0.25, 0.3) is 0 Å². The third-order valence-electron chi connectivity index (χ3n) is 10.6. The summed E-state index contributed by atoms with van der Waals surface area (Å²) in [6, 6.07) is 0. The Bertz CT molecular complexity index is 1160. The van der Waals surface area contributed by atoms with Crippen LogP contribution in [0, 0.1) is 22.7 Å². The highest BCUT2D eigenvalue weighted by atomic mass is 19.1. The lowest BCUT2D eigenvalue weighted by Gasteiger charge is -2.62. The van der Waals surface area contributed by atoms with E-state index in [9.17, 15) is 19.5 Å². The van der Waals surface area contributed by atoms with Gasteiger partial charge in [0.2, 0.25) is 5.78 Å². The van der Waals surface area contributed by atoms with E-state index in [1.807, 2.05) is 6.92 Å². The van der Waals surface area contributed by atoms with Crippen molar-refractivity contribution in [1.29, 1.82) is 0 Å². The van der Waals surface area contributed by atoms with Crippen LogP contribution in [0.3, 0.4) is 0 Å². The van der Waals surface area contributed by atoms with Crippen molar-refractivity contribution in [1.82, 2.24) is 5.32 Å². The van der Waals surface area contributed by atoms with Crippen molar-refractivity contribution in [2.45, 2.75) is 95.2 Å². The van der Waals surface area contributed by atoms with Crippen LogP contribution in [0.2, 0.25) is 0 Å². The Kier molecular flexibility index (Phi) is 6.02. The molecule has 9 atom stereocenters. The summed E-state index contributed by atoms with van der Waals surface area (Å²) in [6.45, 7) is 7.77. The topological polar surface area (TPSA) is 120 Å². The lowest BCUT2D eigenvalue weighted by molar-refractivity contribution is -0.246. The molecule has 39 heavy (non-hydrogen) atoms. The van der Waals surface area contributed by atoms with Crippen molar-refractivity contribution >= 4 is 17.7 Å². The van der Waals surface area contributed by atoms with E-state index >= 15 is 4.39 Å². The van der Waals surface area contributed by atoms with Gasteiger partial charge in [0.1, 0.15) is 6.10 Å². The van der Waals surface area contributed by atoms with Crippen LogP contribution in [0.25, 0.3) is 0 Å². The number of aliphatic hydroxyl groups is 1. The maximum Gasteiger partial charge on any atom is 0.509 e.